The number of rotatable bonds is 8. The number of nitrogens with zero attached hydrogens (tertiary/aromatic N) is 1. The van der Waals surface area contributed by atoms with Crippen molar-refractivity contribution in [1.29, 1.82) is 0 Å². The van der Waals surface area contributed by atoms with Gasteiger partial charge in [0.2, 0.25) is 10.0 Å². The zero-order valence-corrected chi connectivity index (χ0v) is 13.9. The molecule has 6 heteroatoms. The highest BCUT2D eigenvalue weighted by Crippen LogP contribution is 2.13. The van der Waals surface area contributed by atoms with Gasteiger partial charge in [-0.05, 0) is 32.1 Å². The molecule has 0 atom stereocenters. The van der Waals surface area contributed by atoms with Gasteiger partial charge in [0.25, 0.3) is 0 Å². The monoisotopic (exact) mass is 312 g/mol. The maximum Gasteiger partial charge on any atom is 0.240 e. The number of likely N-dealkylation sites (N-methyl/N-ethyl adjacent to an activating group) is 1. The van der Waals surface area contributed by atoms with E-state index in [4.69, 9.17) is 0 Å². The summed E-state index contributed by atoms with van der Waals surface area (Å²) in [4.78, 5) is 14.0. The van der Waals surface area contributed by atoms with Gasteiger partial charge in [-0.1, -0.05) is 26.0 Å². The predicted molar refractivity (Wildman–Crippen MR) is 84.0 cm³/mol. The normalized spacial score (nSPS) is 12.1. The first-order chi connectivity index (χ1) is 9.72. The zero-order chi connectivity index (χ0) is 16.0. The minimum absolute atomic E-state index is 0.0366. The van der Waals surface area contributed by atoms with Crippen LogP contribution in [0.15, 0.2) is 29.2 Å². The number of carbonyl (C=O) groups excluding carboxylic acids is 1. The van der Waals surface area contributed by atoms with E-state index in [0.717, 1.165) is 0 Å². The molecule has 0 saturated carbocycles. The van der Waals surface area contributed by atoms with Crippen LogP contribution in [0.4, 0.5) is 0 Å². The van der Waals surface area contributed by atoms with E-state index in [9.17, 15) is 13.2 Å². The fourth-order valence-corrected chi connectivity index (χ4v) is 2.82. The van der Waals surface area contributed by atoms with E-state index >= 15 is 0 Å². The number of nitrogens with one attached hydrogen (secondary N) is 1. The Kier molecular flexibility index (Phi) is 6.51. The molecule has 0 aliphatic heterocycles. The molecule has 0 heterocycles. The second-order valence-electron chi connectivity index (χ2n) is 5.75. The van der Waals surface area contributed by atoms with E-state index in [1.54, 1.807) is 12.1 Å². The Morgan fingerprint density at radius 3 is 2.24 bits per heavy atom. The second-order valence-corrected chi connectivity index (χ2v) is 7.51. The molecule has 0 unspecified atom stereocenters. The van der Waals surface area contributed by atoms with Crippen molar-refractivity contribution in [3.05, 3.63) is 29.8 Å². The topological polar surface area (TPSA) is 66.5 Å². The minimum atomic E-state index is -3.51. The van der Waals surface area contributed by atoms with Crippen LogP contribution in [0, 0.1) is 5.92 Å². The highest BCUT2D eigenvalue weighted by Gasteiger charge is 2.15. The Hall–Kier alpha value is -1.24. The molecule has 0 amide bonds. The van der Waals surface area contributed by atoms with E-state index in [2.05, 4.69) is 4.72 Å². The summed E-state index contributed by atoms with van der Waals surface area (Å²) in [5.74, 6) is 0.322. The molecule has 0 fully saturated rings. The Bertz CT molecular complexity index is 563. The van der Waals surface area contributed by atoms with Crippen molar-refractivity contribution < 1.29 is 13.2 Å². The van der Waals surface area contributed by atoms with Gasteiger partial charge in [0.05, 0.1) is 4.90 Å². The molecule has 0 radical (unpaired) electrons. The predicted octanol–water partition coefficient (Wildman–Crippen LogP) is 1.76. The van der Waals surface area contributed by atoms with Gasteiger partial charge in [0.1, 0.15) is 0 Å². The van der Waals surface area contributed by atoms with Gasteiger partial charge in [-0.3, -0.25) is 4.79 Å². The molecule has 0 aliphatic rings. The first kappa shape index (κ1) is 17.8. The number of ketones is 1. The molecule has 0 aliphatic carbocycles. The smallest absolute Gasteiger partial charge is 0.240 e. The van der Waals surface area contributed by atoms with Crippen molar-refractivity contribution >= 4 is 15.8 Å². The number of benzene rings is 1. The number of Topliss-reactive ketones (excluding diaryl/α,β-unsaturated/α-hetero) is 1. The maximum atomic E-state index is 12.1. The van der Waals surface area contributed by atoms with E-state index < -0.39 is 10.0 Å². The minimum Gasteiger partial charge on any atom is -0.308 e. The highest BCUT2D eigenvalue weighted by atomic mass is 32.2. The van der Waals surface area contributed by atoms with Crippen LogP contribution in [0.5, 0.6) is 0 Å². The summed E-state index contributed by atoms with van der Waals surface area (Å²) in [7, 11) is 0.247. The second kappa shape index (κ2) is 7.68. The van der Waals surface area contributed by atoms with Crippen LogP contribution in [0.3, 0.4) is 0 Å². The SMILES string of the molecule is CC(C)CC(=O)c1ccc(S(=O)(=O)NCCN(C)C)cc1. The van der Waals surface area contributed by atoms with Crippen LogP contribution in [-0.4, -0.2) is 46.3 Å². The lowest BCUT2D eigenvalue weighted by Gasteiger charge is -2.11. The van der Waals surface area contributed by atoms with E-state index in [1.807, 2.05) is 32.8 Å². The van der Waals surface area contributed by atoms with Crippen LogP contribution in [0.1, 0.15) is 30.6 Å². The van der Waals surface area contributed by atoms with Crippen molar-refractivity contribution in [2.75, 3.05) is 27.2 Å². The molecular formula is C15H24N2O3S. The third-order valence-electron chi connectivity index (χ3n) is 2.93. The van der Waals surface area contributed by atoms with Gasteiger partial charge in [0, 0.05) is 25.1 Å². The van der Waals surface area contributed by atoms with Crippen LogP contribution < -0.4 is 4.72 Å². The van der Waals surface area contributed by atoms with Crippen molar-refractivity contribution in [3.8, 4) is 0 Å². The van der Waals surface area contributed by atoms with E-state index in [0.29, 0.717) is 25.1 Å². The molecule has 0 spiro atoms. The Labute approximate surface area is 127 Å². The summed E-state index contributed by atoms with van der Waals surface area (Å²) in [6.45, 7) is 4.93. The van der Waals surface area contributed by atoms with Crippen LogP contribution >= 0.6 is 0 Å². The Morgan fingerprint density at radius 1 is 1.19 bits per heavy atom. The number of hydrogen-bond donors (Lipinski definition) is 1. The quantitative estimate of drug-likeness (QED) is 0.743. The van der Waals surface area contributed by atoms with Gasteiger partial charge in [0.15, 0.2) is 5.78 Å². The van der Waals surface area contributed by atoms with Crippen molar-refractivity contribution in [2.24, 2.45) is 5.92 Å². The van der Waals surface area contributed by atoms with E-state index in [-0.39, 0.29) is 16.6 Å². The van der Waals surface area contributed by atoms with Gasteiger partial charge in [-0.2, -0.15) is 0 Å². The molecule has 1 aromatic rings. The van der Waals surface area contributed by atoms with Gasteiger partial charge in [-0.15, -0.1) is 0 Å². The third-order valence-corrected chi connectivity index (χ3v) is 4.41. The first-order valence-corrected chi connectivity index (χ1v) is 8.48. The molecule has 0 bridgehead atoms. The van der Waals surface area contributed by atoms with Gasteiger partial charge >= 0.3 is 0 Å². The van der Waals surface area contributed by atoms with Crippen molar-refractivity contribution in [3.63, 3.8) is 0 Å². The molecule has 0 saturated heterocycles. The number of sulfonamides is 1. The zero-order valence-electron chi connectivity index (χ0n) is 13.1. The molecular weight excluding hydrogens is 288 g/mol. The molecule has 118 valence electrons. The average molecular weight is 312 g/mol. The summed E-state index contributed by atoms with van der Waals surface area (Å²) < 4.78 is 26.6. The highest BCUT2D eigenvalue weighted by molar-refractivity contribution is 7.89. The van der Waals surface area contributed by atoms with Gasteiger partial charge < -0.3 is 4.90 Å². The largest absolute Gasteiger partial charge is 0.308 e. The lowest BCUT2D eigenvalue weighted by Crippen LogP contribution is -2.31. The molecule has 5 nitrogen and oxygen atoms in total. The summed E-state index contributed by atoms with van der Waals surface area (Å²) >= 11 is 0. The molecule has 1 rings (SSSR count). The van der Waals surface area contributed by atoms with Crippen molar-refractivity contribution in [2.45, 2.75) is 25.2 Å². The standard InChI is InChI=1S/C15H24N2O3S/c1-12(2)11-15(18)13-5-7-14(8-6-13)21(19,20)16-9-10-17(3)4/h5-8,12,16H,9-11H2,1-4H3. The lowest BCUT2D eigenvalue weighted by atomic mass is 10.0. The molecule has 21 heavy (non-hydrogen) atoms. The van der Waals surface area contributed by atoms with Crippen LogP contribution in [-0.2, 0) is 10.0 Å². The molecule has 0 aromatic heterocycles. The summed E-state index contributed by atoms with van der Waals surface area (Å²) in [5, 5.41) is 0. The lowest BCUT2D eigenvalue weighted by molar-refractivity contribution is 0.0967. The third kappa shape index (κ3) is 5.95. The fraction of sp³-hybridized carbons (Fsp3) is 0.533. The summed E-state index contributed by atoms with van der Waals surface area (Å²) in [5.41, 5.74) is 0.552. The molecule has 1 aromatic carbocycles. The average Bonchev–Trinajstić information content (AvgIpc) is 2.37. The van der Waals surface area contributed by atoms with Crippen molar-refractivity contribution in [1.82, 2.24) is 9.62 Å². The summed E-state index contributed by atoms with van der Waals surface area (Å²) in [6, 6.07) is 6.10. The molecule has 1 N–H and O–H groups in total. The summed E-state index contributed by atoms with van der Waals surface area (Å²) in [6.07, 6.45) is 0.465. The fourth-order valence-electron chi connectivity index (χ4n) is 1.80. The van der Waals surface area contributed by atoms with Gasteiger partial charge in [-0.25, -0.2) is 13.1 Å². The van der Waals surface area contributed by atoms with Crippen LogP contribution in [0.25, 0.3) is 0 Å². The Balaban J connectivity index is 2.74. The Morgan fingerprint density at radius 2 is 1.76 bits per heavy atom. The maximum absolute atomic E-state index is 12.1. The number of hydrogen-bond acceptors (Lipinski definition) is 4. The number of carbonyl (C=O) groups is 1. The first-order valence-electron chi connectivity index (χ1n) is 7.00. The van der Waals surface area contributed by atoms with Crippen LogP contribution in [0.2, 0.25) is 0 Å². The van der Waals surface area contributed by atoms with E-state index in [1.165, 1.54) is 12.1 Å².